The second-order valence-electron chi connectivity index (χ2n) is 6.52. The lowest BCUT2D eigenvalue weighted by Gasteiger charge is -2.21. The largest absolute Gasteiger partial charge is 0.481 e. The Balaban J connectivity index is 0.000000585. The molecule has 1 amide bonds. The van der Waals surface area contributed by atoms with Crippen LogP contribution < -0.4 is 5.32 Å². The molecule has 1 fully saturated rings. The van der Waals surface area contributed by atoms with Crippen molar-refractivity contribution in [2.24, 2.45) is 5.92 Å². The summed E-state index contributed by atoms with van der Waals surface area (Å²) in [4.78, 5) is 32.3. The minimum atomic E-state index is -0.784. The van der Waals surface area contributed by atoms with Crippen LogP contribution in [0.2, 0.25) is 0 Å². The van der Waals surface area contributed by atoms with Gasteiger partial charge in [-0.05, 0) is 46.5 Å². The summed E-state index contributed by atoms with van der Waals surface area (Å²) in [5.74, 6) is -1.24. The number of carboxylic acids is 1. The molecule has 7 heteroatoms. The highest BCUT2D eigenvalue weighted by atomic mass is 16.6. The van der Waals surface area contributed by atoms with E-state index in [-0.39, 0.29) is 17.9 Å². The minimum Gasteiger partial charge on any atom is -0.481 e. The lowest BCUT2D eigenvalue weighted by atomic mass is 10.1. The van der Waals surface area contributed by atoms with E-state index in [4.69, 9.17) is 9.84 Å². The maximum atomic E-state index is 11.4. The number of ether oxygens (including phenoxy) is 2. The molecule has 1 rings (SSSR count). The summed E-state index contributed by atoms with van der Waals surface area (Å²) in [5.41, 5.74) is -0.519. The lowest BCUT2D eigenvalue weighted by molar-refractivity contribution is -0.142. The molecule has 0 saturated heterocycles. The van der Waals surface area contributed by atoms with E-state index in [0.717, 1.165) is 6.42 Å². The Labute approximate surface area is 137 Å². The van der Waals surface area contributed by atoms with E-state index >= 15 is 0 Å². The quantitative estimate of drug-likeness (QED) is 0.768. The van der Waals surface area contributed by atoms with Crippen molar-refractivity contribution in [3.05, 3.63) is 0 Å². The van der Waals surface area contributed by atoms with E-state index in [1.165, 1.54) is 7.11 Å². The average Bonchev–Trinajstić information content (AvgIpc) is 2.86. The Hall–Kier alpha value is -1.79. The number of hydrogen-bond acceptors (Lipinski definition) is 5. The molecule has 1 aliphatic carbocycles. The summed E-state index contributed by atoms with van der Waals surface area (Å²) in [6, 6.07) is -0.0732. The highest BCUT2D eigenvalue weighted by Gasteiger charge is 2.31. The van der Waals surface area contributed by atoms with Crippen LogP contribution in [0.1, 0.15) is 59.8 Å². The maximum absolute atomic E-state index is 11.4. The smallest absolute Gasteiger partial charge is 0.407 e. The maximum Gasteiger partial charge on any atom is 0.407 e. The fourth-order valence-corrected chi connectivity index (χ4v) is 2.12. The number of carbonyl (C=O) groups is 3. The van der Waals surface area contributed by atoms with Crippen LogP contribution in [0.3, 0.4) is 0 Å². The molecular weight excluding hydrogens is 302 g/mol. The van der Waals surface area contributed by atoms with E-state index in [1.807, 2.05) is 6.92 Å². The lowest BCUT2D eigenvalue weighted by Crippen LogP contribution is -2.38. The second kappa shape index (κ2) is 10.1. The van der Waals surface area contributed by atoms with E-state index in [0.29, 0.717) is 25.7 Å². The highest BCUT2D eigenvalue weighted by molar-refractivity contribution is 5.71. The number of amides is 1. The predicted molar refractivity (Wildman–Crippen MR) is 85.1 cm³/mol. The van der Waals surface area contributed by atoms with Crippen molar-refractivity contribution in [1.29, 1.82) is 0 Å². The molecule has 0 heterocycles. The summed E-state index contributed by atoms with van der Waals surface area (Å²) < 4.78 is 9.45. The topological polar surface area (TPSA) is 102 Å². The Bertz CT molecular complexity index is 402. The molecule has 0 spiro atoms. The highest BCUT2D eigenvalue weighted by Crippen LogP contribution is 2.25. The van der Waals surface area contributed by atoms with E-state index in [1.54, 1.807) is 20.8 Å². The van der Waals surface area contributed by atoms with Gasteiger partial charge in [0.2, 0.25) is 0 Å². The van der Waals surface area contributed by atoms with Gasteiger partial charge in [0, 0.05) is 12.5 Å². The van der Waals surface area contributed by atoms with Gasteiger partial charge in [0.15, 0.2) is 0 Å². The summed E-state index contributed by atoms with van der Waals surface area (Å²) in [7, 11) is 1.40. The van der Waals surface area contributed by atoms with Gasteiger partial charge in [0.1, 0.15) is 5.60 Å². The SMILES string of the molecule is CC(C)(C)OC(=O)NC1CCC(C(=O)O)C1.CCCC(=O)OC. The van der Waals surface area contributed by atoms with E-state index in [9.17, 15) is 14.4 Å². The molecular formula is C16H29NO6. The van der Waals surface area contributed by atoms with Crippen LogP contribution >= 0.6 is 0 Å². The number of hydrogen-bond donors (Lipinski definition) is 2. The van der Waals surface area contributed by atoms with Crippen LogP contribution in [-0.4, -0.2) is 41.9 Å². The third-order valence-corrected chi connectivity index (χ3v) is 3.18. The molecule has 2 N–H and O–H groups in total. The molecule has 7 nitrogen and oxygen atoms in total. The van der Waals surface area contributed by atoms with Gasteiger partial charge in [-0.3, -0.25) is 9.59 Å². The number of nitrogens with one attached hydrogen (secondary N) is 1. The summed E-state index contributed by atoms with van der Waals surface area (Å²) in [6.45, 7) is 7.32. The van der Waals surface area contributed by atoms with Crippen molar-refractivity contribution in [1.82, 2.24) is 5.32 Å². The summed E-state index contributed by atoms with van der Waals surface area (Å²) in [6.07, 6.45) is 2.76. The normalized spacial score (nSPS) is 20.0. The predicted octanol–water partition coefficient (Wildman–Crippen LogP) is 2.72. The number of carboxylic acid groups (broad SMARTS) is 1. The molecule has 0 aromatic heterocycles. The molecule has 0 aliphatic heterocycles. The zero-order chi connectivity index (χ0) is 18.0. The molecule has 0 bridgehead atoms. The van der Waals surface area contributed by atoms with Gasteiger partial charge in [0.25, 0.3) is 0 Å². The molecule has 0 aromatic rings. The first kappa shape index (κ1) is 21.2. The van der Waals surface area contributed by atoms with Gasteiger partial charge in [0.05, 0.1) is 13.0 Å². The Morgan fingerprint density at radius 2 is 1.83 bits per heavy atom. The fourth-order valence-electron chi connectivity index (χ4n) is 2.12. The van der Waals surface area contributed by atoms with Gasteiger partial charge in [-0.25, -0.2) is 4.79 Å². The minimum absolute atomic E-state index is 0.0732. The first-order valence-corrected chi connectivity index (χ1v) is 7.88. The van der Waals surface area contributed by atoms with Crippen molar-refractivity contribution in [2.75, 3.05) is 7.11 Å². The number of esters is 1. The third kappa shape index (κ3) is 10.5. The van der Waals surface area contributed by atoms with Crippen molar-refractivity contribution in [2.45, 2.75) is 71.4 Å². The van der Waals surface area contributed by atoms with Crippen molar-refractivity contribution >= 4 is 18.0 Å². The molecule has 23 heavy (non-hydrogen) atoms. The molecule has 2 unspecified atom stereocenters. The van der Waals surface area contributed by atoms with Gasteiger partial charge < -0.3 is 19.9 Å². The number of aliphatic carboxylic acids is 1. The molecule has 0 aromatic carbocycles. The monoisotopic (exact) mass is 331 g/mol. The zero-order valence-electron chi connectivity index (χ0n) is 14.7. The zero-order valence-corrected chi connectivity index (χ0v) is 14.7. The van der Waals surface area contributed by atoms with E-state index < -0.39 is 17.7 Å². The Kier molecular flexibility index (Phi) is 9.29. The van der Waals surface area contributed by atoms with Gasteiger partial charge in [-0.1, -0.05) is 6.92 Å². The summed E-state index contributed by atoms with van der Waals surface area (Å²) in [5, 5.41) is 11.5. The van der Waals surface area contributed by atoms with Crippen molar-refractivity contribution < 1.29 is 29.0 Å². The van der Waals surface area contributed by atoms with Gasteiger partial charge >= 0.3 is 18.0 Å². The average molecular weight is 331 g/mol. The number of alkyl carbamates (subject to hydrolysis) is 1. The standard InChI is InChI=1S/C11H19NO4.C5H10O2/c1-11(2,3)16-10(15)12-8-5-4-7(6-8)9(13)14;1-3-4-5(6)7-2/h7-8H,4-6H2,1-3H3,(H,12,15)(H,13,14);3-4H2,1-2H3. The number of carbonyl (C=O) groups excluding carboxylic acids is 2. The molecule has 134 valence electrons. The molecule has 1 saturated carbocycles. The molecule has 1 aliphatic rings. The van der Waals surface area contributed by atoms with E-state index in [2.05, 4.69) is 10.1 Å². The van der Waals surface area contributed by atoms with Gasteiger partial charge in [-0.2, -0.15) is 0 Å². The van der Waals surface area contributed by atoms with Crippen LogP contribution in [0, 0.1) is 5.92 Å². The molecule has 2 atom stereocenters. The Morgan fingerprint density at radius 3 is 2.17 bits per heavy atom. The fraction of sp³-hybridized carbons (Fsp3) is 0.812. The van der Waals surface area contributed by atoms with Crippen LogP contribution in [0.25, 0.3) is 0 Å². The third-order valence-electron chi connectivity index (χ3n) is 3.18. The number of rotatable bonds is 4. The first-order valence-electron chi connectivity index (χ1n) is 7.88. The Morgan fingerprint density at radius 1 is 1.22 bits per heavy atom. The van der Waals surface area contributed by atoms with Crippen LogP contribution in [0.15, 0.2) is 0 Å². The van der Waals surface area contributed by atoms with Crippen LogP contribution in [0.4, 0.5) is 4.79 Å². The number of methoxy groups -OCH3 is 1. The van der Waals surface area contributed by atoms with Crippen molar-refractivity contribution in [3.63, 3.8) is 0 Å². The first-order chi connectivity index (χ1) is 10.6. The van der Waals surface area contributed by atoms with Crippen molar-refractivity contribution in [3.8, 4) is 0 Å². The molecule has 0 radical (unpaired) electrons. The van der Waals surface area contributed by atoms with Crippen LogP contribution in [-0.2, 0) is 19.1 Å². The summed E-state index contributed by atoms with van der Waals surface area (Å²) >= 11 is 0. The van der Waals surface area contributed by atoms with Gasteiger partial charge in [-0.15, -0.1) is 0 Å². The van der Waals surface area contributed by atoms with Crippen LogP contribution in [0.5, 0.6) is 0 Å². The second-order valence-corrected chi connectivity index (χ2v) is 6.52.